The number of benzene rings is 2. The van der Waals surface area contributed by atoms with Crippen molar-refractivity contribution in [3.8, 4) is 11.3 Å². The van der Waals surface area contributed by atoms with Gasteiger partial charge in [-0.3, -0.25) is 14.7 Å². The van der Waals surface area contributed by atoms with Gasteiger partial charge in [-0.15, -0.1) is 0 Å². The van der Waals surface area contributed by atoms with Gasteiger partial charge >= 0.3 is 0 Å². The molecule has 0 spiro atoms. The predicted octanol–water partition coefficient (Wildman–Crippen LogP) is 4.18. The maximum atomic E-state index is 12.8. The van der Waals surface area contributed by atoms with Crippen LogP contribution in [0.3, 0.4) is 0 Å². The first-order valence-corrected chi connectivity index (χ1v) is 9.85. The molecule has 0 radical (unpaired) electrons. The van der Waals surface area contributed by atoms with E-state index < -0.39 is 0 Å². The summed E-state index contributed by atoms with van der Waals surface area (Å²) in [4.78, 5) is 27.4. The van der Waals surface area contributed by atoms with Gasteiger partial charge in [0.25, 0.3) is 11.8 Å². The van der Waals surface area contributed by atoms with Crippen molar-refractivity contribution in [2.45, 2.75) is 26.7 Å². The van der Waals surface area contributed by atoms with Gasteiger partial charge in [0, 0.05) is 29.9 Å². The van der Waals surface area contributed by atoms with Gasteiger partial charge in [0.2, 0.25) is 0 Å². The second-order valence-electron chi connectivity index (χ2n) is 7.46. The highest BCUT2D eigenvalue weighted by Crippen LogP contribution is 2.23. The SMILES string of the molecule is Cc1ccc(-c2cc(C(=O)Nc3cccc(C(=O)N4CCCC4)c3C)[nH]n2)cc1. The second kappa shape index (κ2) is 7.91. The molecule has 148 valence electrons. The molecule has 2 aromatic carbocycles. The number of H-pyrrole nitrogens is 1. The summed E-state index contributed by atoms with van der Waals surface area (Å²) in [6.45, 7) is 5.48. The first kappa shape index (κ1) is 18.9. The number of rotatable bonds is 4. The van der Waals surface area contributed by atoms with Gasteiger partial charge < -0.3 is 10.2 Å². The topological polar surface area (TPSA) is 78.1 Å². The fraction of sp³-hybridized carbons (Fsp3) is 0.261. The Morgan fingerprint density at radius 2 is 1.76 bits per heavy atom. The van der Waals surface area contributed by atoms with E-state index in [4.69, 9.17) is 0 Å². The average molecular weight is 388 g/mol. The zero-order valence-corrected chi connectivity index (χ0v) is 16.7. The molecule has 6 nitrogen and oxygen atoms in total. The Morgan fingerprint density at radius 3 is 2.48 bits per heavy atom. The van der Waals surface area contributed by atoms with E-state index in [0.29, 0.717) is 22.6 Å². The summed E-state index contributed by atoms with van der Waals surface area (Å²) in [5, 5.41) is 9.96. The van der Waals surface area contributed by atoms with Crippen molar-refractivity contribution in [1.29, 1.82) is 0 Å². The maximum Gasteiger partial charge on any atom is 0.273 e. The molecule has 1 aliphatic rings. The number of carbonyl (C=O) groups is 2. The zero-order valence-electron chi connectivity index (χ0n) is 16.7. The van der Waals surface area contributed by atoms with Crippen LogP contribution in [-0.4, -0.2) is 40.0 Å². The lowest BCUT2D eigenvalue weighted by Gasteiger charge is -2.18. The van der Waals surface area contributed by atoms with E-state index in [2.05, 4.69) is 15.5 Å². The highest BCUT2D eigenvalue weighted by atomic mass is 16.2. The van der Waals surface area contributed by atoms with E-state index in [1.165, 1.54) is 5.56 Å². The minimum absolute atomic E-state index is 0.0271. The largest absolute Gasteiger partial charge is 0.339 e. The maximum absolute atomic E-state index is 12.8. The van der Waals surface area contributed by atoms with Crippen molar-refractivity contribution >= 4 is 17.5 Å². The Kier molecular flexibility index (Phi) is 5.16. The molecule has 1 fully saturated rings. The normalized spacial score (nSPS) is 13.5. The number of carbonyl (C=O) groups excluding carboxylic acids is 2. The lowest BCUT2D eigenvalue weighted by Crippen LogP contribution is -2.28. The summed E-state index contributed by atoms with van der Waals surface area (Å²) in [6.07, 6.45) is 2.09. The van der Waals surface area contributed by atoms with Crippen LogP contribution in [0.5, 0.6) is 0 Å². The van der Waals surface area contributed by atoms with E-state index in [1.54, 1.807) is 12.1 Å². The number of anilines is 1. The van der Waals surface area contributed by atoms with E-state index >= 15 is 0 Å². The molecule has 0 atom stereocenters. The van der Waals surface area contributed by atoms with Crippen LogP contribution in [0.4, 0.5) is 5.69 Å². The van der Waals surface area contributed by atoms with Gasteiger partial charge in [-0.05, 0) is 50.5 Å². The van der Waals surface area contributed by atoms with Crippen molar-refractivity contribution < 1.29 is 9.59 Å². The molecule has 0 unspecified atom stereocenters. The lowest BCUT2D eigenvalue weighted by molar-refractivity contribution is 0.0791. The average Bonchev–Trinajstić information content (AvgIpc) is 3.42. The van der Waals surface area contributed by atoms with Crippen molar-refractivity contribution in [3.63, 3.8) is 0 Å². The van der Waals surface area contributed by atoms with Gasteiger partial charge in [0.1, 0.15) is 5.69 Å². The van der Waals surface area contributed by atoms with Crippen LogP contribution in [0, 0.1) is 13.8 Å². The van der Waals surface area contributed by atoms with E-state index in [1.807, 2.05) is 55.1 Å². The summed E-state index contributed by atoms with van der Waals surface area (Å²) < 4.78 is 0. The summed E-state index contributed by atoms with van der Waals surface area (Å²) in [6, 6.07) is 15.1. The molecule has 2 N–H and O–H groups in total. The number of aromatic nitrogens is 2. The molecule has 0 saturated carbocycles. The molecule has 0 bridgehead atoms. The summed E-state index contributed by atoms with van der Waals surface area (Å²) in [7, 11) is 0. The van der Waals surface area contributed by atoms with Gasteiger partial charge in [0.05, 0.1) is 5.69 Å². The summed E-state index contributed by atoms with van der Waals surface area (Å²) >= 11 is 0. The number of aryl methyl sites for hydroxylation is 1. The molecule has 3 aromatic rings. The van der Waals surface area contributed by atoms with Crippen LogP contribution in [-0.2, 0) is 0 Å². The molecule has 2 heterocycles. The van der Waals surface area contributed by atoms with Crippen LogP contribution in [0.1, 0.15) is 44.8 Å². The number of likely N-dealkylation sites (tertiary alicyclic amines) is 1. The first-order chi connectivity index (χ1) is 14.0. The molecule has 1 aliphatic heterocycles. The Hall–Kier alpha value is -3.41. The predicted molar refractivity (Wildman–Crippen MR) is 113 cm³/mol. The highest BCUT2D eigenvalue weighted by Gasteiger charge is 2.22. The highest BCUT2D eigenvalue weighted by molar-refractivity contribution is 6.05. The monoisotopic (exact) mass is 388 g/mol. The van der Waals surface area contributed by atoms with Crippen molar-refractivity contribution in [1.82, 2.24) is 15.1 Å². The Balaban J connectivity index is 1.52. The van der Waals surface area contributed by atoms with Crippen LogP contribution < -0.4 is 5.32 Å². The number of hydrogen-bond acceptors (Lipinski definition) is 3. The molecule has 2 amide bonds. The number of nitrogens with zero attached hydrogens (tertiary/aromatic N) is 2. The lowest BCUT2D eigenvalue weighted by atomic mass is 10.1. The molecule has 1 saturated heterocycles. The minimum Gasteiger partial charge on any atom is -0.339 e. The Labute approximate surface area is 169 Å². The zero-order chi connectivity index (χ0) is 20.4. The molecule has 29 heavy (non-hydrogen) atoms. The van der Waals surface area contributed by atoms with Crippen molar-refractivity contribution in [2.24, 2.45) is 0 Å². The van der Waals surface area contributed by atoms with Crippen molar-refractivity contribution in [2.75, 3.05) is 18.4 Å². The molecule has 1 aromatic heterocycles. The molecule has 0 aliphatic carbocycles. The third-order valence-corrected chi connectivity index (χ3v) is 5.38. The Morgan fingerprint density at radius 1 is 1.03 bits per heavy atom. The standard InChI is InChI=1S/C23H24N4O2/c1-15-8-10-17(11-9-15)20-14-21(26-25-20)22(28)24-19-7-5-6-18(16(19)2)23(29)27-12-3-4-13-27/h5-11,14H,3-4,12-13H2,1-2H3,(H,24,28)(H,25,26). The third-order valence-electron chi connectivity index (χ3n) is 5.38. The van der Waals surface area contributed by atoms with E-state index in [0.717, 1.165) is 37.1 Å². The van der Waals surface area contributed by atoms with Crippen molar-refractivity contribution in [3.05, 3.63) is 70.9 Å². The van der Waals surface area contributed by atoms with Crippen LogP contribution in [0.2, 0.25) is 0 Å². The number of amides is 2. The third kappa shape index (κ3) is 3.92. The summed E-state index contributed by atoms with van der Waals surface area (Å²) in [5.74, 6) is -0.260. The molecule has 4 rings (SSSR count). The first-order valence-electron chi connectivity index (χ1n) is 9.85. The second-order valence-corrected chi connectivity index (χ2v) is 7.46. The van der Waals surface area contributed by atoms with Gasteiger partial charge in [-0.2, -0.15) is 5.10 Å². The smallest absolute Gasteiger partial charge is 0.273 e. The number of aromatic amines is 1. The Bertz CT molecular complexity index is 1050. The summed E-state index contributed by atoms with van der Waals surface area (Å²) in [5.41, 5.74) is 5.24. The van der Waals surface area contributed by atoms with E-state index in [-0.39, 0.29) is 11.8 Å². The number of nitrogens with one attached hydrogen (secondary N) is 2. The van der Waals surface area contributed by atoms with Crippen LogP contribution >= 0.6 is 0 Å². The van der Waals surface area contributed by atoms with Gasteiger partial charge in [-0.1, -0.05) is 35.9 Å². The minimum atomic E-state index is -0.287. The number of hydrogen-bond donors (Lipinski definition) is 2. The fourth-order valence-electron chi connectivity index (χ4n) is 3.59. The molecular weight excluding hydrogens is 364 g/mol. The van der Waals surface area contributed by atoms with Gasteiger partial charge in [0.15, 0.2) is 0 Å². The van der Waals surface area contributed by atoms with E-state index in [9.17, 15) is 9.59 Å². The fourth-order valence-corrected chi connectivity index (χ4v) is 3.59. The molecular formula is C23H24N4O2. The van der Waals surface area contributed by atoms with Gasteiger partial charge in [-0.25, -0.2) is 0 Å². The van der Waals surface area contributed by atoms with Crippen LogP contribution in [0.25, 0.3) is 11.3 Å². The quantitative estimate of drug-likeness (QED) is 0.704. The molecule has 6 heteroatoms. The van der Waals surface area contributed by atoms with Crippen LogP contribution in [0.15, 0.2) is 48.5 Å².